The van der Waals surface area contributed by atoms with Crippen LogP contribution in [-0.4, -0.2) is 0 Å². The highest BCUT2D eigenvalue weighted by Crippen LogP contribution is 2.61. The van der Waals surface area contributed by atoms with E-state index in [2.05, 4.69) is 255 Å². The van der Waals surface area contributed by atoms with Gasteiger partial charge in [-0.25, -0.2) is 0 Å². The maximum absolute atomic E-state index is 7.27. The zero-order valence-electron chi connectivity index (χ0n) is 36.9. The fourth-order valence-corrected chi connectivity index (χ4v) is 11.6. The van der Waals surface area contributed by atoms with E-state index < -0.39 is 5.41 Å². The maximum atomic E-state index is 7.27. The minimum Gasteiger partial charge on any atom is -0.456 e. The summed E-state index contributed by atoms with van der Waals surface area (Å²) in [5.41, 5.74) is 21.8. The molecule has 1 heterocycles. The predicted octanol–water partition coefficient (Wildman–Crippen LogP) is 17.1. The predicted molar refractivity (Wildman–Crippen MR) is 274 cm³/mol. The van der Waals surface area contributed by atoms with Gasteiger partial charge in [0.25, 0.3) is 0 Å². The highest BCUT2D eigenvalue weighted by Gasteiger charge is 2.48. The Bertz CT molecular complexity index is 3600. The molecule has 13 rings (SSSR count). The maximum Gasteiger partial charge on any atom is 0.137 e. The van der Waals surface area contributed by atoms with E-state index in [-0.39, 0.29) is 5.41 Å². The molecule has 10 aromatic carbocycles. The van der Waals surface area contributed by atoms with Gasteiger partial charge in [-0.1, -0.05) is 202 Å². The molecule has 0 spiro atoms. The Morgan fingerprint density at radius 1 is 0.348 bits per heavy atom. The van der Waals surface area contributed by atoms with Crippen LogP contribution in [0.4, 0.5) is 17.1 Å². The number of anilines is 3. The Morgan fingerprint density at radius 2 is 0.864 bits per heavy atom. The van der Waals surface area contributed by atoms with Crippen molar-refractivity contribution in [1.82, 2.24) is 0 Å². The van der Waals surface area contributed by atoms with Gasteiger partial charge in [-0.05, 0) is 115 Å². The Hall–Kier alpha value is -8.20. The molecule has 11 aromatic rings. The van der Waals surface area contributed by atoms with Crippen LogP contribution < -0.4 is 4.90 Å². The van der Waals surface area contributed by atoms with Crippen molar-refractivity contribution in [3.05, 3.63) is 270 Å². The molecule has 0 N–H and O–H groups in total. The van der Waals surface area contributed by atoms with Crippen LogP contribution in [0.1, 0.15) is 47.2 Å². The summed E-state index contributed by atoms with van der Waals surface area (Å²) in [7, 11) is 0. The topological polar surface area (TPSA) is 16.4 Å². The smallest absolute Gasteiger partial charge is 0.137 e. The fourth-order valence-electron chi connectivity index (χ4n) is 11.6. The molecule has 2 heteroatoms. The summed E-state index contributed by atoms with van der Waals surface area (Å²) in [6.45, 7) is 4.70. The van der Waals surface area contributed by atoms with Gasteiger partial charge in [-0.15, -0.1) is 0 Å². The van der Waals surface area contributed by atoms with Crippen molar-refractivity contribution in [2.24, 2.45) is 0 Å². The van der Waals surface area contributed by atoms with Gasteiger partial charge in [0.15, 0.2) is 0 Å². The lowest BCUT2D eigenvalue weighted by Crippen LogP contribution is -2.28. The first-order valence-electron chi connectivity index (χ1n) is 23.0. The molecule has 0 saturated heterocycles. The average molecular weight is 844 g/mol. The highest BCUT2D eigenvalue weighted by molar-refractivity contribution is 6.18. The molecular formula is C64H45NO. The second kappa shape index (κ2) is 14.7. The minimum absolute atomic E-state index is 0.144. The first kappa shape index (κ1) is 38.3. The average Bonchev–Trinajstić information content (AvgIpc) is 3.97. The largest absolute Gasteiger partial charge is 0.456 e. The molecule has 0 aliphatic heterocycles. The van der Waals surface area contributed by atoms with Crippen LogP contribution in [0.5, 0.6) is 0 Å². The van der Waals surface area contributed by atoms with Gasteiger partial charge in [0, 0.05) is 44.9 Å². The molecule has 0 atom stereocenters. The number of nitrogens with zero attached hydrogens (tertiary/aromatic N) is 1. The Kier molecular flexibility index (Phi) is 8.51. The zero-order chi connectivity index (χ0) is 44.0. The van der Waals surface area contributed by atoms with Crippen molar-refractivity contribution in [2.75, 3.05) is 4.90 Å². The summed E-state index contributed by atoms with van der Waals surface area (Å²) in [4.78, 5) is 2.39. The third-order valence-corrected chi connectivity index (χ3v) is 14.5. The van der Waals surface area contributed by atoms with Gasteiger partial charge < -0.3 is 9.32 Å². The number of furan rings is 1. The summed E-state index contributed by atoms with van der Waals surface area (Å²) >= 11 is 0. The van der Waals surface area contributed by atoms with E-state index in [4.69, 9.17) is 4.42 Å². The molecular weight excluding hydrogens is 799 g/mol. The lowest BCUT2D eigenvalue weighted by Gasteiger charge is -2.34. The van der Waals surface area contributed by atoms with Gasteiger partial charge in [0.05, 0.1) is 5.41 Å². The molecule has 0 radical (unpaired) electrons. The lowest BCUT2D eigenvalue weighted by atomic mass is 9.67. The molecule has 0 bridgehead atoms. The van der Waals surface area contributed by atoms with E-state index >= 15 is 0 Å². The molecule has 66 heavy (non-hydrogen) atoms. The van der Waals surface area contributed by atoms with Crippen molar-refractivity contribution in [3.8, 4) is 44.5 Å². The van der Waals surface area contributed by atoms with Crippen molar-refractivity contribution >= 4 is 39.0 Å². The van der Waals surface area contributed by atoms with E-state index in [9.17, 15) is 0 Å². The molecule has 312 valence electrons. The Balaban J connectivity index is 1.06. The number of hydrogen-bond donors (Lipinski definition) is 0. The second-order valence-electron chi connectivity index (χ2n) is 18.4. The van der Waals surface area contributed by atoms with Crippen LogP contribution in [-0.2, 0) is 10.8 Å². The van der Waals surface area contributed by atoms with Gasteiger partial charge in [-0.3, -0.25) is 0 Å². The minimum atomic E-state index is -0.569. The summed E-state index contributed by atoms with van der Waals surface area (Å²) in [5, 5.41) is 2.22. The molecule has 2 nitrogen and oxygen atoms in total. The number of hydrogen-bond acceptors (Lipinski definition) is 2. The molecule has 0 saturated carbocycles. The third kappa shape index (κ3) is 5.55. The summed E-state index contributed by atoms with van der Waals surface area (Å²) in [6, 6.07) is 86.6. The molecule has 2 aliphatic carbocycles. The van der Waals surface area contributed by atoms with E-state index in [1.54, 1.807) is 0 Å². The van der Waals surface area contributed by atoms with Crippen molar-refractivity contribution in [1.29, 1.82) is 0 Å². The molecule has 0 fully saturated rings. The van der Waals surface area contributed by atoms with E-state index in [0.717, 1.165) is 39.0 Å². The lowest BCUT2D eigenvalue weighted by molar-refractivity contribution is 0.660. The molecule has 0 unspecified atom stereocenters. The first-order chi connectivity index (χ1) is 32.5. The summed E-state index contributed by atoms with van der Waals surface area (Å²) < 4.78 is 7.27. The van der Waals surface area contributed by atoms with Crippen LogP contribution in [0.25, 0.3) is 66.4 Å². The van der Waals surface area contributed by atoms with Crippen molar-refractivity contribution in [2.45, 2.75) is 24.7 Å². The third-order valence-electron chi connectivity index (χ3n) is 14.5. The zero-order valence-corrected chi connectivity index (χ0v) is 36.9. The van der Waals surface area contributed by atoms with E-state index in [0.29, 0.717) is 0 Å². The number of fused-ring (bicyclic) bond motifs is 9. The summed E-state index contributed by atoms with van der Waals surface area (Å²) in [6.07, 6.45) is 0. The van der Waals surface area contributed by atoms with Crippen LogP contribution >= 0.6 is 0 Å². The highest BCUT2D eigenvalue weighted by atomic mass is 16.3. The quantitative estimate of drug-likeness (QED) is 0.159. The SMILES string of the molecule is CC1(C)c2ccccc2-c2ccc(N(c3ccc(-c4ccccc4)cc3)c3ccc4c(c3)oc3cc5c(c(-c6ccccc6)c34)-c3ccccc3C5(c3ccccc3)c3ccccc3)cc21. The van der Waals surface area contributed by atoms with Gasteiger partial charge in [0.1, 0.15) is 11.2 Å². The Morgan fingerprint density at radius 3 is 1.55 bits per heavy atom. The normalized spacial score (nSPS) is 13.8. The van der Waals surface area contributed by atoms with E-state index in [1.807, 2.05) is 0 Å². The Labute approximate surface area is 385 Å². The van der Waals surface area contributed by atoms with E-state index in [1.165, 1.54) is 77.9 Å². The monoisotopic (exact) mass is 843 g/mol. The molecule has 0 amide bonds. The standard InChI is InChI=1S/C64H45NO/c1-63(2)54-29-17-15-27-50(54)51-37-35-48(39-56(51)63)65(47-33-31-43(32-34-47)42-19-7-3-8-20-42)49-36-38-53-58(40-49)66-59-41-57-61(60(62(53)59)44-21-9-4-10-22-44)52-28-16-18-30-55(52)64(57,45-23-11-5-12-24-45)46-25-13-6-14-26-46/h3-41H,1-2H3. The van der Waals surface area contributed by atoms with Crippen LogP contribution in [0, 0.1) is 0 Å². The fraction of sp³-hybridized carbons (Fsp3) is 0.0625. The van der Waals surface area contributed by atoms with Gasteiger partial charge in [-0.2, -0.15) is 0 Å². The molecule has 2 aliphatic rings. The number of rotatable bonds is 7. The van der Waals surface area contributed by atoms with Gasteiger partial charge in [0.2, 0.25) is 0 Å². The van der Waals surface area contributed by atoms with Crippen LogP contribution in [0.2, 0.25) is 0 Å². The van der Waals surface area contributed by atoms with Crippen LogP contribution in [0.3, 0.4) is 0 Å². The van der Waals surface area contributed by atoms with Crippen molar-refractivity contribution in [3.63, 3.8) is 0 Å². The second-order valence-corrected chi connectivity index (χ2v) is 18.4. The molecule has 1 aromatic heterocycles. The van der Waals surface area contributed by atoms with Gasteiger partial charge >= 0.3 is 0 Å². The van der Waals surface area contributed by atoms with Crippen LogP contribution in [0.15, 0.2) is 241 Å². The number of benzene rings is 10. The first-order valence-corrected chi connectivity index (χ1v) is 23.0. The summed E-state index contributed by atoms with van der Waals surface area (Å²) in [5.74, 6) is 0. The van der Waals surface area contributed by atoms with Crippen molar-refractivity contribution < 1.29 is 4.42 Å².